The van der Waals surface area contributed by atoms with Gasteiger partial charge in [0.15, 0.2) is 6.73 Å². The largest absolute Gasteiger partial charge is 0.471 e. The third kappa shape index (κ3) is 3.65. The molecular weight excluding hydrogens is 466 g/mol. The average Bonchev–Trinajstić information content (AvgIpc) is 3.42. The Hall–Kier alpha value is -3.14. The molecule has 184 valence electrons. The highest BCUT2D eigenvalue weighted by molar-refractivity contribution is 6.33. The fraction of sp³-hybridized carbons (Fsp3) is 0.400. The second-order valence-corrected chi connectivity index (χ2v) is 10.1. The fourth-order valence-electron chi connectivity index (χ4n) is 5.10. The van der Waals surface area contributed by atoms with Crippen molar-refractivity contribution < 1.29 is 9.57 Å². The van der Waals surface area contributed by atoms with Gasteiger partial charge < -0.3 is 20.3 Å². The Bertz CT molecular complexity index is 1220. The molecule has 35 heavy (non-hydrogen) atoms. The van der Waals surface area contributed by atoms with Crippen LogP contribution >= 0.6 is 11.6 Å². The van der Waals surface area contributed by atoms with Gasteiger partial charge in [-0.25, -0.2) is 15.3 Å². The van der Waals surface area contributed by atoms with Crippen molar-refractivity contribution >= 4 is 40.6 Å². The van der Waals surface area contributed by atoms with Crippen LogP contribution in [-0.4, -0.2) is 56.0 Å². The first kappa shape index (κ1) is 22.3. The third-order valence-electron chi connectivity index (χ3n) is 7.29. The smallest absolute Gasteiger partial charge is 0.351 e. The molecule has 2 aromatic carbocycles. The zero-order valence-corrected chi connectivity index (χ0v) is 21.1. The van der Waals surface area contributed by atoms with Crippen LogP contribution in [0.3, 0.4) is 0 Å². The molecule has 0 amide bonds. The van der Waals surface area contributed by atoms with Gasteiger partial charge in [-0.15, -0.1) is 0 Å². The minimum atomic E-state index is -1.18. The molecule has 0 aliphatic carbocycles. The van der Waals surface area contributed by atoms with Crippen molar-refractivity contribution in [3.05, 3.63) is 52.8 Å². The maximum absolute atomic E-state index is 6.69. The van der Waals surface area contributed by atoms with Gasteiger partial charge in [-0.1, -0.05) is 11.6 Å². The molecule has 0 spiro atoms. The lowest BCUT2D eigenvalue weighted by Gasteiger charge is -2.44. The van der Waals surface area contributed by atoms with Gasteiger partial charge >= 0.3 is 5.97 Å². The number of hydroxylamine groups is 1. The Balaban J connectivity index is 1.34. The number of hydrogen-bond acceptors (Lipinski definition) is 9. The molecule has 3 atom stereocenters. The second kappa shape index (κ2) is 8.22. The molecule has 2 saturated heterocycles. The first-order chi connectivity index (χ1) is 16.8. The number of benzene rings is 2. The molecule has 0 saturated carbocycles. The summed E-state index contributed by atoms with van der Waals surface area (Å²) in [5, 5.41) is 7.51. The van der Waals surface area contributed by atoms with Crippen LogP contribution in [0.4, 0.5) is 22.7 Å². The van der Waals surface area contributed by atoms with Gasteiger partial charge in [-0.2, -0.15) is 0 Å². The van der Waals surface area contributed by atoms with E-state index in [0.29, 0.717) is 18.8 Å². The fourth-order valence-corrected chi connectivity index (χ4v) is 5.34. The van der Waals surface area contributed by atoms with Gasteiger partial charge in [0, 0.05) is 42.6 Å². The Morgan fingerprint density at radius 2 is 1.94 bits per heavy atom. The molecule has 4 heterocycles. The summed E-state index contributed by atoms with van der Waals surface area (Å²) >= 11 is 6.69. The van der Waals surface area contributed by atoms with Gasteiger partial charge in [0.25, 0.3) is 0 Å². The summed E-state index contributed by atoms with van der Waals surface area (Å²) in [4.78, 5) is 17.7. The first-order valence-corrected chi connectivity index (χ1v) is 12.3. The van der Waals surface area contributed by atoms with E-state index >= 15 is 0 Å². The van der Waals surface area contributed by atoms with Crippen molar-refractivity contribution in [3.8, 4) is 5.75 Å². The van der Waals surface area contributed by atoms with Crippen LogP contribution in [0.25, 0.3) is 0 Å². The molecular formula is C25H30ClN7O2. The highest BCUT2D eigenvalue weighted by Crippen LogP contribution is 2.42. The number of piperazine rings is 1. The Labute approximate surface area is 210 Å². The number of allylic oxidation sites excluding steroid dienone is 1. The summed E-state index contributed by atoms with van der Waals surface area (Å²) in [5.74, 6) is 0.486. The van der Waals surface area contributed by atoms with Crippen LogP contribution in [0.5, 0.6) is 5.75 Å². The zero-order valence-electron chi connectivity index (χ0n) is 20.3. The Morgan fingerprint density at radius 1 is 1.14 bits per heavy atom. The van der Waals surface area contributed by atoms with E-state index in [4.69, 9.17) is 26.2 Å². The van der Waals surface area contributed by atoms with Crippen LogP contribution < -0.4 is 30.7 Å². The summed E-state index contributed by atoms with van der Waals surface area (Å²) in [7, 11) is 2.18. The lowest BCUT2D eigenvalue weighted by molar-refractivity contribution is -0.0214. The summed E-state index contributed by atoms with van der Waals surface area (Å²) < 4.78 is 5.60. The Morgan fingerprint density at radius 3 is 2.74 bits per heavy atom. The molecule has 9 nitrogen and oxygen atoms in total. The number of rotatable bonds is 4. The molecule has 3 unspecified atom stereocenters. The second-order valence-electron chi connectivity index (χ2n) is 9.64. The highest BCUT2D eigenvalue weighted by atomic mass is 35.5. The van der Waals surface area contributed by atoms with Crippen LogP contribution in [-0.2, 0) is 4.84 Å². The molecule has 4 aliphatic rings. The summed E-state index contributed by atoms with van der Waals surface area (Å²) in [6, 6.07) is 12.8. The highest BCUT2D eigenvalue weighted by Gasteiger charge is 2.49. The number of aliphatic imine (C=N–C) groups is 1. The van der Waals surface area contributed by atoms with E-state index < -0.39 is 5.97 Å². The normalized spacial score (nSPS) is 27.5. The zero-order chi connectivity index (χ0) is 24.3. The van der Waals surface area contributed by atoms with Crippen LogP contribution in [0, 0.1) is 0 Å². The molecule has 3 N–H and O–H groups in total. The number of ether oxygens (including phenoxy) is 1. The molecule has 6 rings (SSSR count). The number of anilines is 4. The van der Waals surface area contributed by atoms with Crippen LogP contribution in [0.1, 0.15) is 20.8 Å². The minimum Gasteiger partial charge on any atom is -0.471 e. The van der Waals surface area contributed by atoms with Crippen molar-refractivity contribution in [2.24, 2.45) is 4.99 Å². The van der Waals surface area contributed by atoms with E-state index in [1.54, 1.807) is 0 Å². The lowest BCUT2D eigenvalue weighted by Crippen LogP contribution is -2.55. The number of likely N-dealkylation sites (N-methyl/N-ethyl adjacent to an activating group) is 1. The van der Waals surface area contributed by atoms with E-state index in [2.05, 4.69) is 52.9 Å². The van der Waals surface area contributed by atoms with Gasteiger partial charge in [-0.05, 0) is 64.2 Å². The van der Waals surface area contributed by atoms with E-state index in [0.717, 1.165) is 58.0 Å². The van der Waals surface area contributed by atoms with Gasteiger partial charge in [0.2, 0.25) is 0 Å². The van der Waals surface area contributed by atoms with Crippen molar-refractivity contribution in [2.45, 2.75) is 38.8 Å². The van der Waals surface area contributed by atoms with Crippen LogP contribution in [0.15, 0.2) is 52.8 Å². The first-order valence-electron chi connectivity index (χ1n) is 11.9. The summed E-state index contributed by atoms with van der Waals surface area (Å²) in [5.41, 5.74) is 7.77. The van der Waals surface area contributed by atoms with E-state index in [-0.39, 0.29) is 0 Å². The maximum Gasteiger partial charge on any atom is 0.351 e. The standard InChI is InChI=1S/C25H30ClN7O2/c1-15-11-28-25(33(24(15)30-35-25)19-6-8-23-21(10-19)27-14-34-23)29-18-5-7-20(26)22(9-18)32-12-16(2)31(4)17(3)13-32/h5-11,16-17,27,29-30H,12-14H2,1-4H3. The number of nitrogens with one attached hydrogen (secondary N) is 3. The molecule has 0 radical (unpaired) electrons. The van der Waals surface area contributed by atoms with Crippen molar-refractivity contribution in [1.29, 1.82) is 0 Å². The summed E-state index contributed by atoms with van der Waals surface area (Å²) in [6.07, 6.45) is 1.83. The Kier molecular flexibility index (Phi) is 5.24. The summed E-state index contributed by atoms with van der Waals surface area (Å²) in [6.45, 7) is 8.78. The SMILES string of the molecule is CC1=C2NOC(Nc3ccc(Cl)c(N4CC(C)N(C)C(C)C4)c3)(N=C1)N2c1ccc2c(c1)NCO2. The monoisotopic (exact) mass is 495 g/mol. The van der Waals surface area contributed by atoms with Crippen molar-refractivity contribution in [2.75, 3.05) is 47.3 Å². The quantitative estimate of drug-likeness (QED) is 0.587. The predicted molar refractivity (Wildman–Crippen MR) is 140 cm³/mol. The van der Waals surface area contributed by atoms with Crippen molar-refractivity contribution in [1.82, 2.24) is 10.4 Å². The maximum atomic E-state index is 6.69. The number of fused-ring (bicyclic) bond motifs is 3. The number of nitrogens with zero attached hydrogens (tertiary/aromatic N) is 4. The minimum absolute atomic E-state index is 0.430. The average molecular weight is 496 g/mol. The number of halogens is 1. The van der Waals surface area contributed by atoms with E-state index in [1.807, 2.05) is 48.4 Å². The molecule has 10 heteroatoms. The molecule has 0 aromatic heterocycles. The number of hydrogen-bond donors (Lipinski definition) is 3. The predicted octanol–water partition coefficient (Wildman–Crippen LogP) is 4.01. The topological polar surface area (TPSA) is 76.6 Å². The van der Waals surface area contributed by atoms with Gasteiger partial charge in [0.05, 0.1) is 22.1 Å². The van der Waals surface area contributed by atoms with Gasteiger partial charge in [0.1, 0.15) is 11.6 Å². The molecule has 2 aromatic rings. The van der Waals surface area contributed by atoms with Crippen LogP contribution in [0.2, 0.25) is 5.02 Å². The van der Waals surface area contributed by atoms with E-state index in [1.165, 1.54) is 0 Å². The molecule has 2 fully saturated rings. The van der Waals surface area contributed by atoms with E-state index in [9.17, 15) is 0 Å². The molecule has 2 bridgehead atoms. The lowest BCUT2D eigenvalue weighted by atomic mass is 10.1. The third-order valence-corrected chi connectivity index (χ3v) is 7.61. The van der Waals surface area contributed by atoms with Gasteiger partial charge in [-0.3, -0.25) is 9.80 Å². The van der Waals surface area contributed by atoms with Crippen molar-refractivity contribution in [3.63, 3.8) is 0 Å². The molecule has 4 aliphatic heterocycles.